The number of carbonyl (C=O) groups excluding carboxylic acids is 1. The molecular formula is C13H14F4N2O. The lowest BCUT2D eigenvalue weighted by Crippen LogP contribution is -2.31. The highest BCUT2D eigenvalue weighted by Crippen LogP contribution is 2.31. The van der Waals surface area contributed by atoms with Gasteiger partial charge in [-0.1, -0.05) is 0 Å². The number of hydrogen-bond donors (Lipinski definition) is 2. The molecule has 0 atom stereocenters. The van der Waals surface area contributed by atoms with E-state index in [1.54, 1.807) is 0 Å². The van der Waals surface area contributed by atoms with Gasteiger partial charge in [0.1, 0.15) is 5.82 Å². The van der Waals surface area contributed by atoms with E-state index in [-0.39, 0.29) is 18.1 Å². The van der Waals surface area contributed by atoms with Gasteiger partial charge in [0.05, 0.1) is 17.8 Å². The van der Waals surface area contributed by atoms with Crippen LogP contribution in [0.3, 0.4) is 0 Å². The van der Waals surface area contributed by atoms with Crippen LogP contribution in [0.25, 0.3) is 0 Å². The first-order valence-corrected chi connectivity index (χ1v) is 6.23. The number of rotatable bonds is 5. The SMILES string of the molecule is O=C(CNc1cc(C(F)(F)F)ccc1F)NCC1CC1. The van der Waals surface area contributed by atoms with Gasteiger partial charge >= 0.3 is 6.18 Å². The number of alkyl halides is 3. The highest BCUT2D eigenvalue weighted by Gasteiger charge is 2.31. The molecule has 1 aliphatic rings. The van der Waals surface area contributed by atoms with E-state index in [2.05, 4.69) is 10.6 Å². The van der Waals surface area contributed by atoms with E-state index in [1.807, 2.05) is 0 Å². The molecule has 0 unspecified atom stereocenters. The van der Waals surface area contributed by atoms with Crippen molar-refractivity contribution in [3.8, 4) is 0 Å². The van der Waals surface area contributed by atoms with Gasteiger partial charge < -0.3 is 10.6 Å². The number of anilines is 1. The summed E-state index contributed by atoms with van der Waals surface area (Å²) in [7, 11) is 0. The van der Waals surface area contributed by atoms with Crippen LogP contribution in [0.15, 0.2) is 18.2 Å². The van der Waals surface area contributed by atoms with Crippen LogP contribution in [0.1, 0.15) is 18.4 Å². The van der Waals surface area contributed by atoms with Crippen molar-refractivity contribution in [3.63, 3.8) is 0 Å². The van der Waals surface area contributed by atoms with Crippen LogP contribution < -0.4 is 10.6 Å². The third kappa shape index (κ3) is 4.11. The fraction of sp³-hybridized carbons (Fsp3) is 0.462. The zero-order valence-electron chi connectivity index (χ0n) is 10.6. The Labute approximate surface area is 113 Å². The Kier molecular flexibility index (Phi) is 4.15. The second-order valence-electron chi connectivity index (χ2n) is 4.79. The van der Waals surface area contributed by atoms with Gasteiger partial charge in [-0.25, -0.2) is 4.39 Å². The maximum Gasteiger partial charge on any atom is 0.416 e. The molecule has 0 bridgehead atoms. The average Bonchev–Trinajstić information content (AvgIpc) is 3.18. The molecule has 0 aromatic heterocycles. The van der Waals surface area contributed by atoms with Crippen molar-refractivity contribution < 1.29 is 22.4 Å². The van der Waals surface area contributed by atoms with E-state index in [0.29, 0.717) is 24.6 Å². The number of nitrogens with one attached hydrogen (secondary N) is 2. The summed E-state index contributed by atoms with van der Waals surface area (Å²) in [6.45, 7) is 0.302. The first-order chi connectivity index (χ1) is 9.36. The Morgan fingerprint density at radius 2 is 2.00 bits per heavy atom. The van der Waals surface area contributed by atoms with Crippen molar-refractivity contribution in [2.24, 2.45) is 5.92 Å². The summed E-state index contributed by atoms with van der Waals surface area (Å²) in [4.78, 5) is 11.4. The monoisotopic (exact) mass is 290 g/mol. The summed E-state index contributed by atoms with van der Waals surface area (Å²) in [6, 6.07) is 2.05. The van der Waals surface area contributed by atoms with Gasteiger partial charge in [0.2, 0.25) is 5.91 Å². The molecule has 1 aromatic rings. The van der Waals surface area contributed by atoms with E-state index >= 15 is 0 Å². The van der Waals surface area contributed by atoms with Gasteiger partial charge in [-0.05, 0) is 37.0 Å². The molecule has 2 rings (SSSR count). The number of benzene rings is 1. The van der Waals surface area contributed by atoms with Gasteiger partial charge in [-0.2, -0.15) is 13.2 Å². The Hall–Kier alpha value is -1.79. The third-order valence-corrected chi connectivity index (χ3v) is 3.02. The highest BCUT2D eigenvalue weighted by atomic mass is 19.4. The molecule has 110 valence electrons. The topological polar surface area (TPSA) is 41.1 Å². The second-order valence-corrected chi connectivity index (χ2v) is 4.79. The van der Waals surface area contributed by atoms with Crippen molar-refractivity contribution in [2.45, 2.75) is 19.0 Å². The zero-order valence-corrected chi connectivity index (χ0v) is 10.6. The van der Waals surface area contributed by atoms with Crippen LogP contribution >= 0.6 is 0 Å². The van der Waals surface area contributed by atoms with Crippen molar-refractivity contribution >= 4 is 11.6 Å². The Bertz CT molecular complexity index is 498. The van der Waals surface area contributed by atoms with Gasteiger partial charge in [0, 0.05) is 6.54 Å². The Morgan fingerprint density at radius 1 is 1.30 bits per heavy atom. The van der Waals surface area contributed by atoms with Crippen LogP contribution in [0.5, 0.6) is 0 Å². The lowest BCUT2D eigenvalue weighted by Gasteiger charge is -2.11. The summed E-state index contributed by atoms with van der Waals surface area (Å²) >= 11 is 0. The summed E-state index contributed by atoms with van der Waals surface area (Å²) in [6.07, 6.45) is -2.38. The van der Waals surface area contributed by atoms with Crippen LogP contribution in [-0.2, 0) is 11.0 Å². The fourth-order valence-electron chi connectivity index (χ4n) is 1.66. The Morgan fingerprint density at radius 3 is 2.60 bits per heavy atom. The molecule has 20 heavy (non-hydrogen) atoms. The molecule has 2 N–H and O–H groups in total. The van der Waals surface area contributed by atoms with Crippen molar-refractivity contribution in [1.82, 2.24) is 5.32 Å². The Balaban J connectivity index is 1.92. The lowest BCUT2D eigenvalue weighted by atomic mass is 10.2. The fourth-order valence-corrected chi connectivity index (χ4v) is 1.66. The van der Waals surface area contributed by atoms with Crippen molar-refractivity contribution in [1.29, 1.82) is 0 Å². The van der Waals surface area contributed by atoms with Crippen molar-refractivity contribution in [3.05, 3.63) is 29.6 Å². The molecule has 0 aliphatic heterocycles. The normalized spacial score (nSPS) is 15.0. The summed E-state index contributed by atoms with van der Waals surface area (Å²) in [5.74, 6) is -0.689. The van der Waals surface area contributed by atoms with E-state index < -0.39 is 17.6 Å². The minimum Gasteiger partial charge on any atom is -0.374 e. The molecule has 0 heterocycles. The quantitative estimate of drug-likeness (QED) is 0.819. The number of amides is 1. The maximum absolute atomic E-state index is 13.4. The van der Waals surface area contributed by atoms with E-state index in [4.69, 9.17) is 0 Å². The standard InChI is InChI=1S/C13H14F4N2O/c14-10-4-3-9(13(15,16)17)5-11(10)18-7-12(20)19-6-8-1-2-8/h3-5,8,18H,1-2,6-7H2,(H,19,20). The number of carbonyl (C=O) groups is 1. The zero-order chi connectivity index (χ0) is 14.8. The predicted molar refractivity (Wildman–Crippen MR) is 65.6 cm³/mol. The first kappa shape index (κ1) is 14.6. The molecule has 1 fully saturated rings. The predicted octanol–water partition coefficient (Wildman–Crippen LogP) is 2.78. The second kappa shape index (κ2) is 5.68. The summed E-state index contributed by atoms with van der Waals surface area (Å²) in [5.41, 5.74) is -1.29. The maximum atomic E-state index is 13.4. The lowest BCUT2D eigenvalue weighted by molar-refractivity contribution is -0.137. The van der Waals surface area contributed by atoms with Crippen LogP contribution in [0, 0.1) is 11.7 Å². The molecule has 0 radical (unpaired) electrons. The summed E-state index contributed by atoms with van der Waals surface area (Å²) < 4.78 is 50.8. The third-order valence-electron chi connectivity index (χ3n) is 3.02. The number of halogens is 4. The molecule has 1 aromatic carbocycles. The van der Waals surface area contributed by atoms with Gasteiger partial charge in [-0.15, -0.1) is 0 Å². The molecule has 0 spiro atoms. The molecule has 0 saturated heterocycles. The van der Waals surface area contributed by atoms with E-state index in [9.17, 15) is 22.4 Å². The smallest absolute Gasteiger partial charge is 0.374 e. The van der Waals surface area contributed by atoms with Crippen molar-refractivity contribution in [2.75, 3.05) is 18.4 Å². The van der Waals surface area contributed by atoms with E-state index in [1.165, 1.54) is 0 Å². The average molecular weight is 290 g/mol. The minimum absolute atomic E-state index is 0.259. The largest absolute Gasteiger partial charge is 0.416 e. The summed E-state index contributed by atoms with van der Waals surface area (Å²) in [5, 5.41) is 5.02. The molecule has 1 aliphatic carbocycles. The van der Waals surface area contributed by atoms with Gasteiger partial charge in [0.15, 0.2) is 0 Å². The van der Waals surface area contributed by atoms with E-state index in [0.717, 1.165) is 18.9 Å². The van der Waals surface area contributed by atoms with Gasteiger partial charge in [-0.3, -0.25) is 4.79 Å². The molecular weight excluding hydrogens is 276 g/mol. The molecule has 7 heteroatoms. The first-order valence-electron chi connectivity index (χ1n) is 6.23. The molecule has 1 saturated carbocycles. The van der Waals surface area contributed by atoms with Crippen LogP contribution in [0.2, 0.25) is 0 Å². The molecule has 3 nitrogen and oxygen atoms in total. The molecule has 1 amide bonds. The minimum atomic E-state index is -4.54. The van der Waals surface area contributed by atoms with Crippen LogP contribution in [0.4, 0.5) is 23.2 Å². The highest BCUT2D eigenvalue weighted by molar-refractivity contribution is 5.80. The van der Waals surface area contributed by atoms with Gasteiger partial charge in [0.25, 0.3) is 0 Å². The van der Waals surface area contributed by atoms with Crippen LogP contribution in [-0.4, -0.2) is 19.0 Å². The number of hydrogen-bond acceptors (Lipinski definition) is 2.